The van der Waals surface area contributed by atoms with Crippen molar-refractivity contribution in [1.29, 1.82) is 0 Å². The Hall–Kier alpha value is -2.12. The van der Waals surface area contributed by atoms with E-state index < -0.39 is 6.10 Å². The normalized spacial score (nSPS) is 21.2. The standard InChI is InChI=1S/C17H23N3O4/c1-12-17(22)19(2)14-11-13(3-4-15(14)24-12)16(21)18-5-6-20-7-9-23-10-8-20/h3-4,11-12H,5-10H2,1-2H3,(H,18,21). The molecular formula is C17H23N3O4. The predicted octanol–water partition coefficient (Wildman–Crippen LogP) is 0.492. The van der Waals surface area contributed by atoms with Gasteiger partial charge >= 0.3 is 0 Å². The van der Waals surface area contributed by atoms with Crippen LogP contribution in [0.15, 0.2) is 18.2 Å². The molecule has 1 aromatic carbocycles. The summed E-state index contributed by atoms with van der Waals surface area (Å²) in [5.74, 6) is 0.354. The van der Waals surface area contributed by atoms with Gasteiger partial charge in [-0.05, 0) is 25.1 Å². The summed E-state index contributed by atoms with van der Waals surface area (Å²) in [5.41, 5.74) is 1.15. The molecule has 0 aliphatic carbocycles. The molecule has 2 aliphatic heterocycles. The van der Waals surface area contributed by atoms with Crippen molar-refractivity contribution in [3.8, 4) is 5.75 Å². The highest BCUT2D eigenvalue weighted by Crippen LogP contribution is 2.33. The lowest BCUT2D eigenvalue weighted by atomic mass is 10.1. The molecule has 1 unspecified atom stereocenters. The van der Waals surface area contributed by atoms with E-state index in [9.17, 15) is 9.59 Å². The number of nitrogens with zero attached hydrogens (tertiary/aromatic N) is 2. The van der Waals surface area contributed by atoms with E-state index in [-0.39, 0.29) is 11.8 Å². The fourth-order valence-corrected chi connectivity index (χ4v) is 2.91. The number of hydrogen-bond acceptors (Lipinski definition) is 5. The monoisotopic (exact) mass is 333 g/mol. The fraction of sp³-hybridized carbons (Fsp3) is 0.529. The van der Waals surface area contributed by atoms with Crippen LogP contribution in [0.2, 0.25) is 0 Å². The molecule has 0 bridgehead atoms. The molecule has 0 saturated carbocycles. The minimum absolute atomic E-state index is 0.118. The summed E-state index contributed by atoms with van der Waals surface area (Å²) in [4.78, 5) is 28.1. The third-order valence-electron chi connectivity index (χ3n) is 4.38. The fourth-order valence-electron chi connectivity index (χ4n) is 2.91. The minimum atomic E-state index is -0.504. The smallest absolute Gasteiger partial charge is 0.267 e. The van der Waals surface area contributed by atoms with Crippen LogP contribution in [0.4, 0.5) is 5.69 Å². The summed E-state index contributed by atoms with van der Waals surface area (Å²) in [6.07, 6.45) is -0.504. The van der Waals surface area contributed by atoms with Crippen molar-refractivity contribution in [2.24, 2.45) is 0 Å². The Morgan fingerprint density at radius 1 is 1.33 bits per heavy atom. The van der Waals surface area contributed by atoms with Gasteiger partial charge in [0.1, 0.15) is 5.75 Å². The van der Waals surface area contributed by atoms with Gasteiger partial charge in [0.25, 0.3) is 11.8 Å². The Balaban J connectivity index is 1.60. The number of likely N-dealkylation sites (N-methyl/N-ethyl adjacent to an activating group) is 1. The van der Waals surface area contributed by atoms with Crippen LogP contribution >= 0.6 is 0 Å². The number of carbonyl (C=O) groups is 2. The summed E-state index contributed by atoms with van der Waals surface area (Å²) >= 11 is 0. The number of benzene rings is 1. The number of nitrogens with one attached hydrogen (secondary N) is 1. The second-order valence-corrected chi connectivity index (χ2v) is 6.05. The first kappa shape index (κ1) is 16.7. The first-order valence-electron chi connectivity index (χ1n) is 8.23. The zero-order valence-corrected chi connectivity index (χ0v) is 14.1. The number of carbonyl (C=O) groups excluding carboxylic acids is 2. The maximum absolute atomic E-state index is 12.3. The zero-order valence-electron chi connectivity index (χ0n) is 14.1. The first-order valence-corrected chi connectivity index (χ1v) is 8.23. The second-order valence-electron chi connectivity index (χ2n) is 6.05. The molecule has 1 aromatic rings. The highest BCUT2D eigenvalue weighted by molar-refractivity contribution is 6.02. The SMILES string of the molecule is CC1Oc2ccc(C(=O)NCCN3CCOCC3)cc2N(C)C1=O. The maximum Gasteiger partial charge on any atom is 0.267 e. The van der Waals surface area contributed by atoms with Crippen molar-refractivity contribution in [2.45, 2.75) is 13.0 Å². The number of hydrogen-bond donors (Lipinski definition) is 1. The Bertz CT molecular complexity index is 628. The van der Waals surface area contributed by atoms with Crippen LogP contribution in [0, 0.1) is 0 Å². The molecular weight excluding hydrogens is 310 g/mol. The topological polar surface area (TPSA) is 71.1 Å². The van der Waals surface area contributed by atoms with E-state index in [1.807, 2.05) is 0 Å². The van der Waals surface area contributed by atoms with Crippen LogP contribution in [0.3, 0.4) is 0 Å². The molecule has 7 nitrogen and oxygen atoms in total. The number of rotatable bonds is 4. The van der Waals surface area contributed by atoms with E-state index >= 15 is 0 Å². The van der Waals surface area contributed by atoms with E-state index in [0.717, 1.165) is 32.8 Å². The lowest BCUT2D eigenvalue weighted by Gasteiger charge is -2.30. The third kappa shape index (κ3) is 3.52. The molecule has 24 heavy (non-hydrogen) atoms. The van der Waals surface area contributed by atoms with Gasteiger partial charge in [0, 0.05) is 38.8 Å². The number of morpholine rings is 1. The van der Waals surface area contributed by atoms with Crippen molar-refractivity contribution >= 4 is 17.5 Å². The van der Waals surface area contributed by atoms with Crippen LogP contribution < -0.4 is 15.0 Å². The van der Waals surface area contributed by atoms with Crippen molar-refractivity contribution < 1.29 is 19.1 Å². The highest BCUT2D eigenvalue weighted by atomic mass is 16.5. The van der Waals surface area contributed by atoms with Crippen molar-refractivity contribution in [2.75, 3.05) is 51.3 Å². The molecule has 0 radical (unpaired) electrons. The molecule has 1 N–H and O–H groups in total. The van der Waals surface area contributed by atoms with E-state index in [4.69, 9.17) is 9.47 Å². The number of anilines is 1. The summed E-state index contributed by atoms with van der Waals surface area (Å²) in [7, 11) is 1.69. The van der Waals surface area contributed by atoms with E-state index in [0.29, 0.717) is 23.5 Å². The summed E-state index contributed by atoms with van der Waals surface area (Å²) in [6.45, 7) is 6.40. The quantitative estimate of drug-likeness (QED) is 0.868. The van der Waals surface area contributed by atoms with Gasteiger partial charge in [-0.3, -0.25) is 14.5 Å². The van der Waals surface area contributed by atoms with E-state index in [1.165, 1.54) is 4.90 Å². The largest absolute Gasteiger partial charge is 0.479 e. The van der Waals surface area contributed by atoms with Gasteiger partial charge in [0.15, 0.2) is 6.10 Å². The molecule has 0 aromatic heterocycles. The summed E-state index contributed by atoms with van der Waals surface area (Å²) < 4.78 is 10.9. The number of ether oxygens (including phenoxy) is 2. The lowest BCUT2D eigenvalue weighted by Crippen LogP contribution is -2.42. The van der Waals surface area contributed by atoms with Gasteiger partial charge in [0.05, 0.1) is 18.9 Å². The molecule has 1 atom stereocenters. The van der Waals surface area contributed by atoms with Gasteiger partial charge in [-0.2, -0.15) is 0 Å². The van der Waals surface area contributed by atoms with Gasteiger partial charge in [-0.25, -0.2) is 0 Å². The third-order valence-corrected chi connectivity index (χ3v) is 4.38. The van der Waals surface area contributed by atoms with Crippen LogP contribution in [-0.2, 0) is 9.53 Å². The molecule has 3 rings (SSSR count). The van der Waals surface area contributed by atoms with Crippen LogP contribution in [0.1, 0.15) is 17.3 Å². The Labute approximate surface area is 141 Å². The molecule has 7 heteroatoms. The molecule has 2 heterocycles. The minimum Gasteiger partial charge on any atom is -0.479 e. The highest BCUT2D eigenvalue weighted by Gasteiger charge is 2.29. The molecule has 1 fully saturated rings. The molecule has 0 spiro atoms. The van der Waals surface area contributed by atoms with Crippen molar-refractivity contribution in [1.82, 2.24) is 10.2 Å². The summed E-state index contributed by atoms with van der Waals surface area (Å²) in [5, 5.41) is 2.92. The van der Waals surface area contributed by atoms with E-state index in [2.05, 4.69) is 10.2 Å². The average Bonchev–Trinajstić information content (AvgIpc) is 2.60. The van der Waals surface area contributed by atoms with Gasteiger partial charge in [0.2, 0.25) is 0 Å². The molecule has 1 saturated heterocycles. The van der Waals surface area contributed by atoms with Gasteiger partial charge in [-0.15, -0.1) is 0 Å². The van der Waals surface area contributed by atoms with Crippen molar-refractivity contribution in [3.05, 3.63) is 23.8 Å². The Morgan fingerprint density at radius 3 is 2.83 bits per heavy atom. The van der Waals surface area contributed by atoms with Gasteiger partial charge < -0.3 is 19.7 Å². The lowest BCUT2D eigenvalue weighted by molar-refractivity contribution is -0.125. The van der Waals surface area contributed by atoms with Crippen molar-refractivity contribution in [3.63, 3.8) is 0 Å². The summed E-state index contributed by atoms with van der Waals surface area (Å²) in [6, 6.07) is 5.16. The van der Waals surface area contributed by atoms with Crippen LogP contribution in [0.25, 0.3) is 0 Å². The van der Waals surface area contributed by atoms with Crippen LogP contribution in [0.5, 0.6) is 5.75 Å². The van der Waals surface area contributed by atoms with Gasteiger partial charge in [-0.1, -0.05) is 0 Å². The van der Waals surface area contributed by atoms with Crippen LogP contribution in [-0.4, -0.2) is 69.3 Å². The number of fused-ring (bicyclic) bond motifs is 1. The zero-order chi connectivity index (χ0) is 17.1. The maximum atomic E-state index is 12.3. The predicted molar refractivity (Wildman–Crippen MR) is 89.5 cm³/mol. The Morgan fingerprint density at radius 2 is 2.08 bits per heavy atom. The Kier molecular flexibility index (Phi) is 5.01. The molecule has 2 amide bonds. The number of amides is 2. The first-order chi connectivity index (χ1) is 11.6. The second kappa shape index (κ2) is 7.19. The molecule has 2 aliphatic rings. The molecule has 130 valence electrons. The average molecular weight is 333 g/mol. The van der Waals surface area contributed by atoms with E-state index in [1.54, 1.807) is 32.2 Å².